The molecular weight excluding hydrogens is 448 g/mol. The monoisotopic (exact) mass is 490 g/mol. The number of carbonyl (C=O) groups is 3. The van der Waals surface area contributed by atoms with Gasteiger partial charge < -0.3 is 19.7 Å². The van der Waals surface area contributed by atoms with Gasteiger partial charge in [-0.05, 0) is 81.3 Å². The highest BCUT2D eigenvalue weighted by Gasteiger charge is 2.35. The predicted octanol–water partition coefficient (Wildman–Crippen LogP) is 5.48. The number of rotatable bonds is 13. The molecule has 7 heteroatoms. The first kappa shape index (κ1) is 28.8. The first-order chi connectivity index (χ1) is 16.7. The third kappa shape index (κ3) is 8.64. The van der Waals surface area contributed by atoms with E-state index in [0.717, 1.165) is 43.8 Å². The molecule has 0 aromatic rings. The number of hydrogen-bond donors (Lipinski definition) is 2. The Morgan fingerprint density at radius 1 is 1.17 bits per heavy atom. The zero-order valence-corrected chi connectivity index (χ0v) is 21.6. The van der Waals surface area contributed by atoms with Crippen LogP contribution >= 0.6 is 0 Å². The van der Waals surface area contributed by atoms with Crippen molar-refractivity contribution in [2.45, 2.75) is 104 Å². The van der Waals surface area contributed by atoms with Crippen molar-refractivity contribution in [3.8, 4) is 0 Å². The third-order valence-corrected chi connectivity index (χ3v) is 7.16. The number of hydrogen-bond acceptors (Lipinski definition) is 6. The van der Waals surface area contributed by atoms with Crippen LogP contribution < -0.4 is 0 Å². The number of aliphatic hydroxyl groups excluding tert-OH is 1. The molecule has 2 aliphatic rings. The van der Waals surface area contributed by atoms with Gasteiger partial charge in [0.25, 0.3) is 0 Å². The first-order valence-corrected chi connectivity index (χ1v) is 13.1. The summed E-state index contributed by atoms with van der Waals surface area (Å²) in [6.07, 6.45) is 9.98. The molecule has 2 rings (SSSR count). The van der Waals surface area contributed by atoms with Gasteiger partial charge in [-0.1, -0.05) is 45.8 Å². The van der Waals surface area contributed by atoms with Crippen molar-refractivity contribution in [2.75, 3.05) is 0 Å². The molecular formula is C28H42O7. The Hall–Kier alpha value is -2.41. The van der Waals surface area contributed by atoms with E-state index in [2.05, 4.69) is 6.92 Å². The van der Waals surface area contributed by atoms with Gasteiger partial charge in [0.1, 0.15) is 5.76 Å². The van der Waals surface area contributed by atoms with Crippen molar-refractivity contribution in [3.63, 3.8) is 0 Å². The number of carboxylic acids is 1. The van der Waals surface area contributed by atoms with E-state index in [9.17, 15) is 19.5 Å². The quantitative estimate of drug-likeness (QED) is 0.260. The van der Waals surface area contributed by atoms with Crippen molar-refractivity contribution >= 4 is 17.9 Å². The molecule has 0 saturated heterocycles. The largest absolute Gasteiger partial charge is 0.478 e. The average molecular weight is 491 g/mol. The van der Waals surface area contributed by atoms with Crippen LogP contribution in [0, 0.1) is 17.8 Å². The van der Waals surface area contributed by atoms with Crippen LogP contribution in [0.15, 0.2) is 35.1 Å². The number of carboxylic acid groups (broad SMARTS) is 1. The Labute approximate surface area is 209 Å². The summed E-state index contributed by atoms with van der Waals surface area (Å²) in [6.45, 7) is 7.82. The highest BCUT2D eigenvalue weighted by molar-refractivity contribution is 5.81. The molecule has 0 saturated carbocycles. The lowest BCUT2D eigenvalue weighted by atomic mass is 9.70. The summed E-state index contributed by atoms with van der Waals surface area (Å²) < 4.78 is 11.4. The second-order valence-electron chi connectivity index (χ2n) is 9.90. The topological polar surface area (TPSA) is 110 Å². The fourth-order valence-electron chi connectivity index (χ4n) is 4.81. The number of esters is 2. The molecule has 0 heterocycles. The zero-order chi connectivity index (χ0) is 26.0. The molecule has 196 valence electrons. The summed E-state index contributed by atoms with van der Waals surface area (Å²) in [4.78, 5) is 36.1. The second kappa shape index (κ2) is 14.2. The molecule has 0 aromatic heterocycles. The third-order valence-electron chi connectivity index (χ3n) is 7.16. The first-order valence-electron chi connectivity index (χ1n) is 13.1. The number of aliphatic carboxylic acids is 1. The molecule has 0 fully saturated rings. The van der Waals surface area contributed by atoms with Gasteiger partial charge in [0, 0.05) is 6.08 Å². The van der Waals surface area contributed by atoms with Gasteiger partial charge in [0.15, 0.2) is 6.10 Å². The van der Waals surface area contributed by atoms with E-state index in [0.29, 0.717) is 37.4 Å². The minimum Gasteiger partial charge on any atom is -0.478 e. The Morgan fingerprint density at radius 2 is 1.91 bits per heavy atom. The minimum atomic E-state index is -1.03. The smallest absolute Gasteiger partial charge is 0.352 e. The van der Waals surface area contributed by atoms with Gasteiger partial charge in [0.2, 0.25) is 0 Å². The van der Waals surface area contributed by atoms with Crippen LogP contribution in [0.1, 0.15) is 91.9 Å². The van der Waals surface area contributed by atoms with E-state index >= 15 is 0 Å². The normalized spacial score (nSPS) is 22.7. The Bertz CT molecular complexity index is 838. The Balaban J connectivity index is 2.13. The van der Waals surface area contributed by atoms with Crippen LogP contribution in [0.4, 0.5) is 0 Å². The molecule has 0 amide bonds. The lowest BCUT2D eigenvalue weighted by Crippen LogP contribution is -2.33. The summed E-state index contributed by atoms with van der Waals surface area (Å²) >= 11 is 0. The fourth-order valence-corrected chi connectivity index (χ4v) is 4.81. The van der Waals surface area contributed by atoms with Crippen LogP contribution in [0.5, 0.6) is 0 Å². The van der Waals surface area contributed by atoms with Gasteiger partial charge >= 0.3 is 17.9 Å². The lowest BCUT2D eigenvalue weighted by Gasteiger charge is -2.37. The van der Waals surface area contributed by atoms with E-state index in [1.54, 1.807) is 6.92 Å². The maximum absolute atomic E-state index is 13.1. The van der Waals surface area contributed by atoms with E-state index in [4.69, 9.17) is 14.6 Å². The second-order valence-corrected chi connectivity index (χ2v) is 9.90. The van der Waals surface area contributed by atoms with Crippen LogP contribution in [-0.2, 0) is 23.9 Å². The number of ether oxygens (including phenoxy) is 2. The summed E-state index contributed by atoms with van der Waals surface area (Å²) in [6, 6.07) is 0. The van der Waals surface area contributed by atoms with Crippen LogP contribution in [0.2, 0.25) is 0 Å². The van der Waals surface area contributed by atoms with Crippen molar-refractivity contribution in [1.82, 2.24) is 0 Å². The van der Waals surface area contributed by atoms with Gasteiger partial charge in [-0.2, -0.15) is 0 Å². The van der Waals surface area contributed by atoms with Crippen LogP contribution in [0.25, 0.3) is 0 Å². The van der Waals surface area contributed by atoms with E-state index in [1.807, 2.05) is 19.9 Å². The lowest BCUT2D eigenvalue weighted by molar-refractivity contribution is -0.168. The van der Waals surface area contributed by atoms with Gasteiger partial charge in [-0.3, -0.25) is 4.79 Å². The molecule has 0 radical (unpaired) electrons. The Morgan fingerprint density at radius 3 is 2.57 bits per heavy atom. The molecule has 7 nitrogen and oxygen atoms in total. The molecule has 0 spiro atoms. The van der Waals surface area contributed by atoms with Crippen molar-refractivity contribution in [1.29, 1.82) is 0 Å². The SMILES string of the molecule is CCC[C@H](OC(=O)[C@@H](C)CC)C(=O)OC1=CCCC2=C1[C@@H](CC[C@@H](O)C/C=C\C(=O)O)[C@@H](C)CC2. The maximum atomic E-state index is 13.1. The van der Waals surface area contributed by atoms with E-state index in [-0.39, 0.29) is 24.2 Å². The number of allylic oxidation sites excluding steroid dienone is 3. The number of aliphatic hydroxyl groups is 1. The van der Waals surface area contributed by atoms with Crippen molar-refractivity contribution in [2.24, 2.45) is 17.8 Å². The van der Waals surface area contributed by atoms with Gasteiger partial charge in [-0.15, -0.1) is 0 Å². The van der Waals surface area contributed by atoms with E-state index < -0.39 is 24.1 Å². The van der Waals surface area contributed by atoms with Gasteiger partial charge in [-0.25, -0.2) is 9.59 Å². The van der Waals surface area contributed by atoms with E-state index in [1.165, 1.54) is 11.6 Å². The highest BCUT2D eigenvalue weighted by Crippen LogP contribution is 2.45. The number of carbonyl (C=O) groups excluding carboxylic acids is 2. The molecule has 0 aromatic carbocycles. The maximum Gasteiger partial charge on any atom is 0.352 e. The van der Waals surface area contributed by atoms with Crippen molar-refractivity contribution < 1.29 is 34.1 Å². The molecule has 0 unspecified atom stereocenters. The summed E-state index contributed by atoms with van der Waals surface area (Å²) in [5.74, 6) is -1.12. The predicted molar refractivity (Wildman–Crippen MR) is 133 cm³/mol. The molecule has 35 heavy (non-hydrogen) atoms. The molecule has 0 bridgehead atoms. The standard InChI is InChI=1S/C28H42O7/c1-5-9-24(35-27(32)18(3)6-2)28(33)34-23-12-7-10-20-15-14-19(4)22(26(20)23)17-16-21(29)11-8-13-25(30)31/h8,12-13,18-19,21-22,24,29H,5-7,9-11,14-17H2,1-4H3,(H,30,31)/b13-8-/t18-,19-,21-,22-,24-/m0/s1. The molecule has 0 aliphatic heterocycles. The summed E-state index contributed by atoms with van der Waals surface area (Å²) in [5, 5.41) is 19.1. The average Bonchev–Trinajstić information content (AvgIpc) is 2.82. The molecule has 5 atom stereocenters. The summed E-state index contributed by atoms with van der Waals surface area (Å²) in [7, 11) is 0. The fraction of sp³-hybridized carbons (Fsp3) is 0.679. The molecule has 2 N–H and O–H groups in total. The minimum absolute atomic E-state index is 0.142. The highest BCUT2D eigenvalue weighted by atomic mass is 16.6. The van der Waals surface area contributed by atoms with Crippen LogP contribution in [0.3, 0.4) is 0 Å². The zero-order valence-electron chi connectivity index (χ0n) is 21.6. The Kier molecular flexibility index (Phi) is 11.7. The van der Waals surface area contributed by atoms with Gasteiger partial charge in [0.05, 0.1) is 12.0 Å². The summed E-state index contributed by atoms with van der Waals surface area (Å²) in [5.41, 5.74) is 2.38. The van der Waals surface area contributed by atoms with Crippen LogP contribution in [-0.4, -0.2) is 40.3 Å². The molecule has 2 aliphatic carbocycles. The van der Waals surface area contributed by atoms with Crippen molar-refractivity contribution in [3.05, 3.63) is 35.1 Å².